The van der Waals surface area contributed by atoms with E-state index in [1.54, 1.807) is 0 Å². The van der Waals surface area contributed by atoms with Crippen LogP contribution in [0.3, 0.4) is 0 Å². The molecule has 3 fully saturated rings. The number of piperazine rings is 1. The van der Waals surface area contributed by atoms with Crippen molar-refractivity contribution in [3.63, 3.8) is 0 Å². The van der Waals surface area contributed by atoms with Crippen LogP contribution in [0.1, 0.15) is 39.0 Å². The number of piperidine rings is 1. The lowest BCUT2D eigenvalue weighted by molar-refractivity contribution is -0.163. The number of amides is 2. The fourth-order valence-corrected chi connectivity index (χ4v) is 4.87. The van der Waals surface area contributed by atoms with Gasteiger partial charge in [0.05, 0.1) is 0 Å². The first-order valence-corrected chi connectivity index (χ1v) is 9.02. The van der Waals surface area contributed by atoms with Crippen LogP contribution in [0.25, 0.3) is 0 Å². The summed E-state index contributed by atoms with van der Waals surface area (Å²) in [6.07, 6.45) is 5.34. The highest BCUT2D eigenvalue weighted by atomic mass is 32.2. The van der Waals surface area contributed by atoms with Crippen molar-refractivity contribution in [1.82, 2.24) is 9.80 Å². The lowest BCUT2D eigenvalue weighted by Gasteiger charge is -2.47. The molecule has 112 valence electrons. The van der Waals surface area contributed by atoms with Crippen LogP contribution in [0.2, 0.25) is 0 Å². The van der Waals surface area contributed by atoms with E-state index in [4.69, 9.17) is 0 Å². The summed E-state index contributed by atoms with van der Waals surface area (Å²) in [5, 5.41) is 0. The largest absolute Gasteiger partial charge is 0.329 e. The molecular weight excluding hydrogens is 272 g/mol. The fraction of sp³-hybridized carbons (Fsp3) is 0.867. The molecule has 4 nitrogen and oxygen atoms in total. The third-order valence-electron chi connectivity index (χ3n) is 4.97. The van der Waals surface area contributed by atoms with E-state index in [2.05, 4.69) is 0 Å². The van der Waals surface area contributed by atoms with Gasteiger partial charge in [0.2, 0.25) is 11.8 Å². The summed E-state index contributed by atoms with van der Waals surface area (Å²) in [7, 11) is 0. The predicted molar refractivity (Wildman–Crippen MR) is 80.6 cm³/mol. The fourth-order valence-electron chi connectivity index (χ4n) is 3.66. The Balaban J connectivity index is 1.72. The molecule has 0 aromatic heterocycles. The second-order valence-corrected chi connectivity index (χ2v) is 7.49. The van der Waals surface area contributed by atoms with E-state index in [0.29, 0.717) is 5.92 Å². The quantitative estimate of drug-likeness (QED) is 0.779. The number of hydrogen-bond donors (Lipinski definition) is 0. The van der Waals surface area contributed by atoms with Gasteiger partial charge in [-0.3, -0.25) is 9.59 Å². The molecule has 2 unspecified atom stereocenters. The van der Waals surface area contributed by atoms with Gasteiger partial charge in [0.1, 0.15) is 12.1 Å². The van der Waals surface area contributed by atoms with Crippen LogP contribution in [0, 0.1) is 5.92 Å². The zero-order valence-electron chi connectivity index (χ0n) is 12.2. The molecule has 3 heterocycles. The smallest absolute Gasteiger partial charge is 0.246 e. The van der Waals surface area contributed by atoms with Gasteiger partial charge in [-0.15, -0.1) is 0 Å². The van der Waals surface area contributed by atoms with Gasteiger partial charge in [-0.05, 0) is 56.5 Å². The Morgan fingerprint density at radius 2 is 1.85 bits per heavy atom. The molecule has 20 heavy (non-hydrogen) atoms. The molecule has 5 heteroatoms. The molecule has 0 bridgehead atoms. The van der Waals surface area contributed by atoms with Gasteiger partial charge in [0, 0.05) is 13.1 Å². The normalized spacial score (nSPS) is 32.5. The lowest BCUT2D eigenvalue weighted by Crippen LogP contribution is -2.65. The van der Waals surface area contributed by atoms with Gasteiger partial charge in [-0.1, -0.05) is 0 Å². The van der Waals surface area contributed by atoms with E-state index >= 15 is 0 Å². The second-order valence-electron chi connectivity index (χ2n) is 6.27. The van der Waals surface area contributed by atoms with Gasteiger partial charge in [-0.2, -0.15) is 11.8 Å². The van der Waals surface area contributed by atoms with Crippen LogP contribution in [0.15, 0.2) is 0 Å². The molecule has 0 saturated carbocycles. The Kier molecular flexibility index (Phi) is 4.24. The van der Waals surface area contributed by atoms with E-state index in [9.17, 15) is 9.59 Å². The Morgan fingerprint density at radius 3 is 2.60 bits per heavy atom. The van der Waals surface area contributed by atoms with Gasteiger partial charge in [0.25, 0.3) is 0 Å². The summed E-state index contributed by atoms with van der Waals surface area (Å²) in [5.41, 5.74) is 0. The van der Waals surface area contributed by atoms with Crippen molar-refractivity contribution in [2.24, 2.45) is 5.92 Å². The average Bonchev–Trinajstić information content (AvgIpc) is 2.50. The van der Waals surface area contributed by atoms with Gasteiger partial charge in [-0.25, -0.2) is 0 Å². The van der Waals surface area contributed by atoms with Crippen LogP contribution < -0.4 is 0 Å². The Hall–Kier alpha value is -0.710. The summed E-state index contributed by atoms with van der Waals surface area (Å²) in [6, 6.07) is -0.420. The molecule has 3 aliphatic heterocycles. The predicted octanol–water partition coefficient (Wildman–Crippen LogP) is 1.74. The first-order chi connectivity index (χ1) is 9.68. The van der Waals surface area contributed by atoms with Crippen molar-refractivity contribution >= 4 is 23.6 Å². The topological polar surface area (TPSA) is 40.6 Å². The number of hydrogen-bond acceptors (Lipinski definition) is 3. The Labute approximate surface area is 125 Å². The number of fused-ring (bicyclic) bond motifs is 1. The highest BCUT2D eigenvalue weighted by Gasteiger charge is 2.44. The first kappa shape index (κ1) is 14.2. The summed E-state index contributed by atoms with van der Waals surface area (Å²) >= 11 is 2.00. The van der Waals surface area contributed by atoms with E-state index in [-0.39, 0.29) is 23.9 Å². The van der Waals surface area contributed by atoms with E-state index in [0.717, 1.165) is 32.4 Å². The van der Waals surface area contributed by atoms with Crippen LogP contribution in [-0.4, -0.2) is 58.3 Å². The number of thioether (sulfide) groups is 1. The second kappa shape index (κ2) is 5.96. The van der Waals surface area contributed by atoms with Crippen molar-refractivity contribution in [1.29, 1.82) is 0 Å². The minimum Gasteiger partial charge on any atom is -0.329 e. The summed E-state index contributed by atoms with van der Waals surface area (Å²) in [4.78, 5) is 28.9. The summed E-state index contributed by atoms with van der Waals surface area (Å²) in [6.45, 7) is 3.47. The molecular formula is C15H24N2O2S. The molecule has 0 aromatic carbocycles. The van der Waals surface area contributed by atoms with E-state index in [1.807, 2.05) is 28.5 Å². The molecule has 3 rings (SSSR count). The number of nitrogens with zero attached hydrogens (tertiary/aromatic N) is 2. The maximum absolute atomic E-state index is 12.7. The molecule has 0 N–H and O–H groups in total. The number of carbonyl (C=O) groups is 2. The standard InChI is InChI=1S/C15H24N2O2S/c1-11-14(18)16-7-3-2-4-13(16)15(19)17(11)10-12-5-8-20-9-6-12/h11-13H,2-10H2,1H3. The third-order valence-corrected chi connectivity index (χ3v) is 6.02. The molecule has 0 aromatic rings. The Bertz CT molecular complexity index is 395. The monoisotopic (exact) mass is 296 g/mol. The SMILES string of the molecule is CC1C(=O)N2CCCCC2C(=O)N1CC1CCSCC1. The van der Waals surface area contributed by atoms with Gasteiger partial charge >= 0.3 is 0 Å². The van der Waals surface area contributed by atoms with Crippen molar-refractivity contribution in [3.8, 4) is 0 Å². The minimum atomic E-state index is -0.258. The highest BCUT2D eigenvalue weighted by molar-refractivity contribution is 7.99. The highest BCUT2D eigenvalue weighted by Crippen LogP contribution is 2.29. The van der Waals surface area contributed by atoms with Crippen molar-refractivity contribution in [2.45, 2.75) is 51.1 Å². The Morgan fingerprint density at radius 1 is 1.10 bits per heavy atom. The first-order valence-electron chi connectivity index (χ1n) is 7.87. The number of carbonyl (C=O) groups excluding carboxylic acids is 2. The van der Waals surface area contributed by atoms with E-state index < -0.39 is 0 Å². The van der Waals surface area contributed by atoms with E-state index in [1.165, 1.54) is 24.3 Å². The minimum absolute atomic E-state index is 0.162. The van der Waals surface area contributed by atoms with Crippen molar-refractivity contribution in [2.75, 3.05) is 24.6 Å². The molecule has 0 aliphatic carbocycles. The molecule has 2 atom stereocenters. The molecule has 0 radical (unpaired) electrons. The average molecular weight is 296 g/mol. The van der Waals surface area contributed by atoms with Crippen molar-refractivity contribution in [3.05, 3.63) is 0 Å². The maximum Gasteiger partial charge on any atom is 0.246 e. The third kappa shape index (κ3) is 2.57. The maximum atomic E-state index is 12.7. The summed E-state index contributed by atoms with van der Waals surface area (Å²) in [5.74, 6) is 3.36. The lowest BCUT2D eigenvalue weighted by atomic mass is 9.93. The van der Waals surface area contributed by atoms with Gasteiger partial charge in [0.15, 0.2) is 0 Å². The van der Waals surface area contributed by atoms with Crippen molar-refractivity contribution < 1.29 is 9.59 Å². The zero-order valence-corrected chi connectivity index (χ0v) is 13.0. The van der Waals surface area contributed by atoms with Crippen LogP contribution in [0.4, 0.5) is 0 Å². The molecule has 0 spiro atoms. The molecule has 2 amide bonds. The van der Waals surface area contributed by atoms with Crippen LogP contribution >= 0.6 is 11.8 Å². The summed E-state index contributed by atoms with van der Waals surface area (Å²) < 4.78 is 0. The molecule has 3 saturated heterocycles. The molecule has 3 aliphatic rings. The van der Waals surface area contributed by atoms with Crippen LogP contribution in [-0.2, 0) is 9.59 Å². The number of rotatable bonds is 2. The van der Waals surface area contributed by atoms with Gasteiger partial charge < -0.3 is 9.80 Å². The van der Waals surface area contributed by atoms with Crippen LogP contribution in [0.5, 0.6) is 0 Å². The zero-order chi connectivity index (χ0) is 14.1.